The van der Waals surface area contributed by atoms with Gasteiger partial charge in [-0.25, -0.2) is 0 Å². The Kier molecular flexibility index (Phi) is 3.66. The van der Waals surface area contributed by atoms with E-state index in [1.54, 1.807) is 4.90 Å². The number of carbonyl (C=O) groups excluding carboxylic acids is 2. The Labute approximate surface area is 102 Å². The smallest absolute Gasteiger partial charge is 0.240 e. The number of piperidine rings is 1. The van der Waals surface area contributed by atoms with Crippen molar-refractivity contribution in [3.8, 4) is 0 Å². The molecule has 2 fully saturated rings. The number of primary amides is 1. The maximum absolute atomic E-state index is 12.3. The van der Waals surface area contributed by atoms with Crippen LogP contribution in [0.1, 0.15) is 26.2 Å². The number of nitrogens with one attached hydrogen (secondary N) is 1. The largest absolute Gasteiger partial charge is 0.369 e. The standard InChI is InChI=1S/C12H21N3O2/c1-8-4-5-14-10(8)12(17)15-6-2-3-9(7-15)11(13)16/h8-10,14H,2-7H2,1H3,(H2,13,16). The van der Waals surface area contributed by atoms with Crippen LogP contribution in [0.15, 0.2) is 0 Å². The van der Waals surface area contributed by atoms with E-state index in [0.29, 0.717) is 12.5 Å². The lowest BCUT2D eigenvalue weighted by molar-refractivity contribution is -0.137. The topological polar surface area (TPSA) is 75.4 Å². The van der Waals surface area contributed by atoms with Gasteiger partial charge in [0.1, 0.15) is 0 Å². The van der Waals surface area contributed by atoms with Crippen molar-refractivity contribution in [1.82, 2.24) is 10.2 Å². The van der Waals surface area contributed by atoms with E-state index in [9.17, 15) is 9.59 Å². The van der Waals surface area contributed by atoms with Crippen LogP contribution >= 0.6 is 0 Å². The van der Waals surface area contributed by atoms with Gasteiger partial charge < -0.3 is 16.0 Å². The molecule has 0 bridgehead atoms. The van der Waals surface area contributed by atoms with Gasteiger partial charge in [-0.3, -0.25) is 9.59 Å². The number of hydrogen-bond acceptors (Lipinski definition) is 3. The van der Waals surface area contributed by atoms with Gasteiger partial charge in [0, 0.05) is 13.1 Å². The van der Waals surface area contributed by atoms with Crippen molar-refractivity contribution in [3.05, 3.63) is 0 Å². The second-order valence-corrected chi connectivity index (χ2v) is 5.22. The normalized spacial score (nSPS) is 33.7. The molecule has 3 atom stereocenters. The van der Waals surface area contributed by atoms with Crippen molar-refractivity contribution in [2.24, 2.45) is 17.6 Å². The number of likely N-dealkylation sites (tertiary alicyclic amines) is 1. The molecular formula is C12H21N3O2. The van der Waals surface area contributed by atoms with Crippen LogP contribution in [0.5, 0.6) is 0 Å². The average molecular weight is 239 g/mol. The number of carbonyl (C=O) groups is 2. The van der Waals surface area contributed by atoms with Crippen LogP contribution in [0, 0.1) is 11.8 Å². The van der Waals surface area contributed by atoms with E-state index in [0.717, 1.165) is 32.4 Å². The van der Waals surface area contributed by atoms with Crippen molar-refractivity contribution in [2.75, 3.05) is 19.6 Å². The van der Waals surface area contributed by atoms with Gasteiger partial charge in [-0.05, 0) is 31.7 Å². The lowest BCUT2D eigenvalue weighted by Gasteiger charge is -2.33. The third-order valence-corrected chi connectivity index (χ3v) is 3.93. The Morgan fingerprint density at radius 2 is 2.12 bits per heavy atom. The molecule has 2 amide bonds. The van der Waals surface area contributed by atoms with Gasteiger partial charge in [-0.2, -0.15) is 0 Å². The Morgan fingerprint density at radius 1 is 1.35 bits per heavy atom. The Bertz CT molecular complexity index is 319. The van der Waals surface area contributed by atoms with E-state index in [2.05, 4.69) is 12.2 Å². The fourth-order valence-corrected chi connectivity index (χ4v) is 2.77. The van der Waals surface area contributed by atoms with Crippen LogP contribution in [0.3, 0.4) is 0 Å². The monoisotopic (exact) mass is 239 g/mol. The number of rotatable bonds is 2. The first-order valence-electron chi connectivity index (χ1n) is 6.41. The molecule has 0 saturated carbocycles. The van der Waals surface area contributed by atoms with Gasteiger partial charge in [0.05, 0.1) is 12.0 Å². The molecule has 2 heterocycles. The Morgan fingerprint density at radius 3 is 2.71 bits per heavy atom. The molecule has 0 spiro atoms. The van der Waals surface area contributed by atoms with Crippen molar-refractivity contribution in [2.45, 2.75) is 32.2 Å². The minimum absolute atomic E-state index is 0.0679. The Hall–Kier alpha value is -1.10. The molecule has 0 aromatic heterocycles. The highest BCUT2D eigenvalue weighted by atomic mass is 16.2. The molecule has 2 rings (SSSR count). The van der Waals surface area contributed by atoms with E-state index in [4.69, 9.17) is 5.73 Å². The second-order valence-electron chi connectivity index (χ2n) is 5.22. The van der Waals surface area contributed by atoms with Crippen LogP contribution in [-0.2, 0) is 9.59 Å². The molecule has 2 saturated heterocycles. The van der Waals surface area contributed by atoms with Crippen LogP contribution < -0.4 is 11.1 Å². The highest BCUT2D eigenvalue weighted by Crippen LogP contribution is 2.21. The van der Waals surface area contributed by atoms with Crippen molar-refractivity contribution < 1.29 is 9.59 Å². The van der Waals surface area contributed by atoms with E-state index in [1.165, 1.54) is 0 Å². The molecule has 17 heavy (non-hydrogen) atoms. The maximum atomic E-state index is 12.3. The summed E-state index contributed by atoms with van der Waals surface area (Å²) >= 11 is 0. The maximum Gasteiger partial charge on any atom is 0.240 e. The zero-order valence-electron chi connectivity index (χ0n) is 10.3. The first-order chi connectivity index (χ1) is 8.09. The van der Waals surface area contributed by atoms with E-state index >= 15 is 0 Å². The summed E-state index contributed by atoms with van der Waals surface area (Å²) in [7, 11) is 0. The summed E-state index contributed by atoms with van der Waals surface area (Å²) in [6, 6.07) is -0.0679. The van der Waals surface area contributed by atoms with Crippen LogP contribution in [-0.4, -0.2) is 42.4 Å². The van der Waals surface area contributed by atoms with Crippen molar-refractivity contribution >= 4 is 11.8 Å². The predicted molar refractivity (Wildman–Crippen MR) is 64.1 cm³/mol. The predicted octanol–water partition coefficient (Wildman–Crippen LogP) is -0.292. The molecule has 0 aliphatic carbocycles. The average Bonchev–Trinajstić information content (AvgIpc) is 2.74. The van der Waals surface area contributed by atoms with Gasteiger partial charge in [-0.15, -0.1) is 0 Å². The molecule has 0 radical (unpaired) electrons. The first kappa shape index (κ1) is 12.4. The van der Waals surface area contributed by atoms with Crippen LogP contribution in [0.25, 0.3) is 0 Å². The summed E-state index contributed by atoms with van der Waals surface area (Å²) in [4.78, 5) is 25.3. The van der Waals surface area contributed by atoms with Crippen LogP contribution in [0.2, 0.25) is 0 Å². The number of nitrogens with two attached hydrogens (primary N) is 1. The molecule has 3 unspecified atom stereocenters. The number of amides is 2. The molecule has 3 N–H and O–H groups in total. The fraction of sp³-hybridized carbons (Fsp3) is 0.833. The summed E-state index contributed by atoms with van der Waals surface area (Å²) < 4.78 is 0. The van der Waals surface area contributed by atoms with E-state index in [-0.39, 0.29) is 23.8 Å². The summed E-state index contributed by atoms with van der Waals surface area (Å²) in [5.74, 6) is 0.0803. The summed E-state index contributed by atoms with van der Waals surface area (Å²) in [6.07, 6.45) is 2.73. The molecule has 96 valence electrons. The van der Waals surface area contributed by atoms with Gasteiger partial charge in [0.25, 0.3) is 0 Å². The number of nitrogens with zero attached hydrogens (tertiary/aromatic N) is 1. The van der Waals surface area contributed by atoms with Gasteiger partial charge in [0.2, 0.25) is 11.8 Å². The van der Waals surface area contributed by atoms with E-state index < -0.39 is 0 Å². The van der Waals surface area contributed by atoms with Gasteiger partial charge in [-0.1, -0.05) is 6.92 Å². The first-order valence-corrected chi connectivity index (χ1v) is 6.41. The molecule has 0 aromatic carbocycles. The third kappa shape index (κ3) is 2.60. The quantitative estimate of drug-likeness (QED) is 0.695. The highest BCUT2D eigenvalue weighted by molar-refractivity contribution is 5.84. The molecule has 5 nitrogen and oxygen atoms in total. The molecular weight excluding hydrogens is 218 g/mol. The van der Waals surface area contributed by atoms with Crippen molar-refractivity contribution in [1.29, 1.82) is 0 Å². The zero-order chi connectivity index (χ0) is 12.4. The summed E-state index contributed by atoms with van der Waals surface area (Å²) in [5.41, 5.74) is 5.32. The minimum Gasteiger partial charge on any atom is -0.369 e. The lowest BCUT2D eigenvalue weighted by atomic mass is 9.95. The fourth-order valence-electron chi connectivity index (χ4n) is 2.77. The summed E-state index contributed by atoms with van der Waals surface area (Å²) in [5, 5.41) is 3.24. The van der Waals surface area contributed by atoms with E-state index in [1.807, 2.05) is 0 Å². The lowest BCUT2D eigenvalue weighted by Crippen LogP contribution is -2.51. The molecule has 0 aromatic rings. The van der Waals surface area contributed by atoms with Gasteiger partial charge in [0.15, 0.2) is 0 Å². The molecule has 5 heteroatoms. The van der Waals surface area contributed by atoms with Gasteiger partial charge >= 0.3 is 0 Å². The van der Waals surface area contributed by atoms with Crippen LogP contribution in [0.4, 0.5) is 0 Å². The SMILES string of the molecule is CC1CCNC1C(=O)N1CCCC(C(N)=O)C1. The Balaban J connectivity index is 1.97. The summed E-state index contributed by atoms with van der Waals surface area (Å²) in [6.45, 7) is 4.26. The minimum atomic E-state index is -0.282. The zero-order valence-corrected chi connectivity index (χ0v) is 10.3. The molecule has 2 aliphatic heterocycles. The highest BCUT2D eigenvalue weighted by Gasteiger charge is 2.35. The third-order valence-electron chi connectivity index (χ3n) is 3.93. The second kappa shape index (κ2) is 5.04. The van der Waals surface area contributed by atoms with Crippen molar-refractivity contribution in [3.63, 3.8) is 0 Å². The number of hydrogen-bond donors (Lipinski definition) is 2. The molecule has 2 aliphatic rings.